The van der Waals surface area contributed by atoms with Crippen LogP contribution in [-0.2, 0) is 9.84 Å². The molecule has 2 aliphatic carbocycles. The molecule has 4 unspecified atom stereocenters. The first kappa shape index (κ1) is 13.3. The third kappa shape index (κ3) is 3.95. The summed E-state index contributed by atoms with van der Waals surface area (Å²) in [6, 6.07) is 0. The molecule has 2 aliphatic rings. The summed E-state index contributed by atoms with van der Waals surface area (Å²) >= 11 is 0. The lowest BCUT2D eigenvalue weighted by Crippen LogP contribution is -2.19. The number of aliphatic hydroxyl groups excluding tert-OH is 1. The molecule has 2 saturated carbocycles. The Labute approximate surface area is 105 Å². The molecule has 4 heteroatoms. The van der Waals surface area contributed by atoms with Crippen molar-refractivity contribution >= 4 is 9.84 Å². The summed E-state index contributed by atoms with van der Waals surface area (Å²) in [4.78, 5) is 0. The minimum absolute atomic E-state index is 0.209. The van der Waals surface area contributed by atoms with Crippen LogP contribution < -0.4 is 0 Å². The summed E-state index contributed by atoms with van der Waals surface area (Å²) in [5, 5.41) is 9.94. The van der Waals surface area contributed by atoms with Gasteiger partial charge >= 0.3 is 0 Å². The van der Waals surface area contributed by atoms with Gasteiger partial charge in [0.2, 0.25) is 0 Å². The van der Waals surface area contributed by atoms with Crippen LogP contribution in [0.3, 0.4) is 0 Å². The van der Waals surface area contributed by atoms with Crippen molar-refractivity contribution in [2.75, 3.05) is 12.0 Å². The Kier molecular flexibility index (Phi) is 4.14. The molecule has 2 rings (SSSR count). The third-order valence-electron chi connectivity index (χ3n) is 4.51. The molecule has 0 aliphatic heterocycles. The maximum atomic E-state index is 11.0. The van der Waals surface area contributed by atoms with Gasteiger partial charge in [-0.25, -0.2) is 8.42 Å². The Bertz CT molecular complexity index is 350. The van der Waals surface area contributed by atoms with E-state index < -0.39 is 9.84 Å². The molecule has 17 heavy (non-hydrogen) atoms. The highest BCUT2D eigenvalue weighted by atomic mass is 32.2. The molecule has 4 atom stereocenters. The van der Waals surface area contributed by atoms with Crippen LogP contribution in [0.2, 0.25) is 0 Å². The van der Waals surface area contributed by atoms with Crippen LogP contribution in [0.4, 0.5) is 0 Å². The summed E-state index contributed by atoms with van der Waals surface area (Å²) in [6.07, 6.45) is 8.52. The summed E-state index contributed by atoms with van der Waals surface area (Å²) in [5.74, 6) is 2.69. The number of fused-ring (bicyclic) bond motifs is 2. The van der Waals surface area contributed by atoms with Crippen LogP contribution in [0.5, 0.6) is 0 Å². The first-order valence-corrected chi connectivity index (χ1v) is 8.86. The molecule has 0 saturated heterocycles. The van der Waals surface area contributed by atoms with E-state index in [1.807, 2.05) is 0 Å². The molecule has 0 aromatic rings. The Hall–Kier alpha value is -0.0900. The Morgan fingerprint density at radius 1 is 1.29 bits per heavy atom. The maximum Gasteiger partial charge on any atom is 0.147 e. The number of hydrogen-bond donors (Lipinski definition) is 1. The zero-order chi connectivity index (χ0) is 12.5. The van der Waals surface area contributed by atoms with Gasteiger partial charge in [-0.2, -0.15) is 0 Å². The number of rotatable bonds is 6. The predicted octanol–water partition coefficient (Wildman–Crippen LogP) is 2.00. The molecule has 100 valence electrons. The van der Waals surface area contributed by atoms with E-state index in [4.69, 9.17) is 0 Å². The number of sulfone groups is 1. The first-order chi connectivity index (χ1) is 7.94. The molecule has 0 radical (unpaired) electrons. The van der Waals surface area contributed by atoms with Crippen molar-refractivity contribution < 1.29 is 13.5 Å². The summed E-state index contributed by atoms with van der Waals surface area (Å²) in [6.45, 7) is 0. The average Bonchev–Trinajstić information content (AvgIpc) is 2.76. The van der Waals surface area contributed by atoms with Crippen molar-refractivity contribution in [3.63, 3.8) is 0 Å². The fraction of sp³-hybridized carbons (Fsp3) is 1.00. The first-order valence-electron chi connectivity index (χ1n) is 6.80. The predicted molar refractivity (Wildman–Crippen MR) is 68.5 cm³/mol. The Balaban J connectivity index is 1.66. The molecule has 0 aromatic heterocycles. The molecular weight excluding hydrogens is 236 g/mol. The molecule has 2 fully saturated rings. The van der Waals surface area contributed by atoms with Crippen molar-refractivity contribution in [1.29, 1.82) is 0 Å². The normalized spacial score (nSPS) is 34.1. The number of aliphatic hydroxyl groups is 1. The monoisotopic (exact) mass is 260 g/mol. The molecule has 3 nitrogen and oxygen atoms in total. The van der Waals surface area contributed by atoms with Gasteiger partial charge in [0.1, 0.15) is 9.84 Å². The minimum atomic E-state index is -2.87. The fourth-order valence-corrected chi connectivity index (χ4v) is 4.40. The summed E-state index contributed by atoms with van der Waals surface area (Å²) < 4.78 is 22.0. The SMILES string of the molecule is CS(=O)(=O)CCCC(O)CC1CC2CCC1C2. The van der Waals surface area contributed by atoms with E-state index in [-0.39, 0.29) is 11.9 Å². The highest BCUT2D eigenvalue weighted by molar-refractivity contribution is 7.90. The zero-order valence-electron chi connectivity index (χ0n) is 10.6. The van der Waals surface area contributed by atoms with Crippen molar-refractivity contribution in [1.82, 2.24) is 0 Å². The van der Waals surface area contributed by atoms with Crippen LogP contribution in [0.15, 0.2) is 0 Å². The van der Waals surface area contributed by atoms with Crippen LogP contribution >= 0.6 is 0 Å². The molecule has 2 bridgehead atoms. The minimum Gasteiger partial charge on any atom is -0.393 e. The summed E-state index contributed by atoms with van der Waals surface area (Å²) in [7, 11) is -2.87. The quantitative estimate of drug-likeness (QED) is 0.794. The van der Waals surface area contributed by atoms with Crippen LogP contribution in [0.1, 0.15) is 44.9 Å². The van der Waals surface area contributed by atoms with E-state index in [1.165, 1.54) is 31.9 Å². The van der Waals surface area contributed by atoms with Crippen molar-refractivity contribution in [2.45, 2.75) is 51.0 Å². The van der Waals surface area contributed by atoms with Gasteiger partial charge in [-0.1, -0.05) is 6.42 Å². The maximum absolute atomic E-state index is 11.0. The lowest BCUT2D eigenvalue weighted by molar-refractivity contribution is 0.116. The highest BCUT2D eigenvalue weighted by Crippen LogP contribution is 2.50. The van der Waals surface area contributed by atoms with E-state index in [9.17, 15) is 13.5 Å². The van der Waals surface area contributed by atoms with Gasteiger partial charge in [0, 0.05) is 12.0 Å². The second-order valence-electron chi connectivity index (χ2n) is 6.10. The van der Waals surface area contributed by atoms with E-state index in [0.29, 0.717) is 18.8 Å². The molecule has 0 spiro atoms. The lowest BCUT2D eigenvalue weighted by Gasteiger charge is -2.24. The Morgan fingerprint density at radius 2 is 2.06 bits per heavy atom. The average molecular weight is 260 g/mol. The van der Waals surface area contributed by atoms with E-state index in [0.717, 1.165) is 18.3 Å². The fourth-order valence-electron chi connectivity index (χ4n) is 3.71. The second kappa shape index (κ2) is 5.27. The lowest BCUT2D eigenvalue weighted by atomic mass is 9.84. The Morgan fingerprint density at radius 3 is 2.59 bits per heavy atom. The van der Waals surface area contributed by atoms with Crippen molar-refractivity contribution in [3.05, 3.63) is 0 Å². The molecule has 1 N–H and O–H groups in total. The highest BCUT2D eigenvalue weighted by Gasteiger charge is 2.39. The van der Waals surface area contributed by atoms with Crippen LogP contribution in [0, 0.1) is 17.8 Å². The van der Waals surface area contributed by atoms with Gasteiger partial charge < -0.3 is 5.11 Å². The van der Waals surface area contributed by atoms with Gasteiger partial charge in [0.05, 0.1) is 6.10 Å². The smallest absolute Gasteiger partial charge is 0.147 e. The zero-order valence-corrected chi connectivity index (χ0v) is 11.5. The van der Waals surface area contributed by atoms with E-state index in [1.54, 1.807) is 0 Å². The number of hydrogen-bond acceptors (Lipinski definition) is 3. The van der Waals surface area contributed by atoms with Crippen molar-refractivity contribution in [2.24, 2.45) is 17.8 Å². The van der Waals surface area contributed by atoms with Gasteiger partial charge in [0.15, 0.2) is 0 Å². The third-order valence-corrected chi connectivity index (χ3v) is 5.54. The molecule has 0 amide bonds. The topological polar surface area (TPSA) is 54.4 Å². The van der Waals surface area contributed by atoms with E-state index in [2.05, 4.69) is 0 Å². The van der Waals surface area contributed by atoms with Crippen LogP contribution in [-0.4, -0.2) is 31.6 Å². The van der Waals surface area contributed by atoms with Gasteiger partial charge in [-0.15, -0.1) is 0 Å². The molecule has 0 heterocycles. The second-order valence-corrected chi connectivity index (χ2v) is 8.36. The van der Waals surface area contributed by atoms with E-state index >= 15 is 0 Å². The van der Waals surface area contributed by atoms with Gasteiger partial charge in [-0.05, 0) is 56.3 Å². The largest absolute Gasteiger partial charge is 0.393 e. The molecular formula is C13H24O3S. The van der Waals surface area contributed by atoms with Crippen molar-refractivity contribution in [3.8, 4) is 0 Å². The van der Waals surface area contributed by atoms with Gasteiger partial charge in [-0.3, -0.25) is 0 Å². The van der Waals surface area contributed by atoms with Crippen LogP contribution in [0.25, 0.3) is 0 Å². The standard InChI is InChI=1S/C13H24O3S/c1-17(15,16)6-2-3-13(14)9-12-8-10-4-5-11(12)7-10/h10-14H,2-9H2,1H3. The molecule has 0 aromatic carbocycles. The summed E-state index contributed by atoms with van der Waals surface area (Å²) in [5.41, 5.74) is 0. The van der Waals surface area contributed by atoms with Gasteiger partial charge in [0.25, 0.3) is 0 Å².